The van der Waals surface area contributed by atoms with Crippen LogP contribution in [-0.4, -0.2) is 52.3 Å². The largest absolute Gasteiger partial charge is 0.493 e. The molecule has 2 amide bonds. The Morgan fingerprint density at radius 1 is 1.16 bits per heavy atom. The van der Waals surface area contributed by atoms with Gasteiger partial charge in [0, 0.05) is 31.3 Å². The highest BCUT2D eigenvalue weighted by Gasteiger charge is 2.39. The second kappa shape index (κ2) is 8.95. The summed E-state index contributed by atoms with van der Waals surface area (Å²) in [7, 11) is 3.32. The molecule has 31 heavy (non-hydrogen) atoms. The predicted molar refractivity (Wildman–Crippen MR) is 113 cm³/mol. The molecule has 1 N–H and O–H groups in total. The maximum absolute atomic E-state index is 12.3. The molecule has 4 rings (SSSR count). The number of hydrogen-bond acceptors (Lipinski definition) is 6. The quantitative estimate of drug-likeness (QED) is 0.695. The van der Waals surface area contributed by atoms with Crippen LogP contribution in [0.5, 0.6) is 11.5 Å². The van der Waals surface area contributed by atoms with E-state index in [1.807, 2.05) is 30.3 Å². The molecule has 0 radical (unpaired) electrons. The number of benzene rings is 2. The summed E-state index contributed by atoms with van der Waals surface area (Å²) >= 11 is 0. The Morgan fingerprint density at radius 3 is 2.65 bits per heavy atom. The Morgan fingerprint density at radius 2 is 1.90 bits per heavy atom. The molecule has 0 aliphatic carbocycles. The van der Waals surface area contributed by atoms with Gasteiger partial charge in [0.15, 0.2) is 23.9 Å². The molecule has 2 heterocycles. The van der Waals surface area contributed by atoms with E-state index in [1.54, 1.807) is 31.2 Å². The molecule has 2 aliphatic rings. The lowest BCUT2D eigenvalue weighted by atomic mass is 9.98. The first-order chi connectivity index (χ1) is 15.0. The van der Waals surface area contributed by atoms with Crippen molar-refractivity contribution in [3.05, 3.63) is 53.6 Å². The van der Waals surface area contributed by atoms with Crippen LogP contribution in [-0.2, 0) is 31.3 Å². The number of para-hydroxylation sites is 2. The number of carbonyl (C=O) groups is 2. The third kappa shape index (κ3) is 4.35. The van der Waals surface area contributed by atoms with Gasteiger partial charge in [-0.2, -0.15) is 0 Å². The van der Waals surface area contributed by atoms with Crippen molar-refractivity contribution in [2.75, 3.05) is 45.4 Å². The van der Waals surface area contributed by atoms with E-state index in [2.05, 4.69) is 5.32 Å². The van der Waals surface area contributed by atoms with Crippen molar-refractivity contribution >= 4 is 17.5 Å². The van der Waals surface area contributed by atoms with E-state index in [0.29, 0.717) is 44.1 Å². The summed E-state index contributed by atoms with van der Waals surface area (Å²) in [6.07, 6.45) is 0.808. The maximum atomic E-state index is 12.3. The number of nitrogens with zero attached hydrogens (tertiary/aromatic N) is 1. The van der Waals surface area contributed by atoms with Crippen molar-refractivity contribution in [3.63, 3.8) is 0 Å². The highest BCUT2D eigenvalue weighted by Crippen LogP contribution is 2.38. The van der Waals surface area contributed by atoms with Crippen molar-refractivity contribution < 1.29 is 28.5 Å². The molecule has 0 atom stereocenters. The summed E-state index contributed by atoms with van der Waals surface area (Å²) in [5.41, 5.74) is 2.72. The van der Waals surface area contributed by atoms with Crippen LogP contribution in [0, 0.1) is 0 Å². The molecule has 8 nitrogen and oxygen atoms in total. The minimum absolute atomic E-state index is 0.0665. The van der Waals surface area contributed by atoms with Crippen LogP contribution in [0.15, 0.2) is 42.5 Å². The van der Waals surface area contributed by atoms with Crippen LogP contribution in [0.25, 0.3) is 0 Å². The minimum atomic E-state index is -0.934. The van der Waals surface area contributed by atoms with E-state index in [1.165, 1.54) is 0 Å². The number of nitrogens with one attached hydrogen (secondary N) is 1. The minimum Gasteiger partial charge on any atom is -0.493 e. The first-order valence-electron chi connectivity index (χ1n) is 10.2. The molecule has 0 aromatic heterocycles. The summed E-state index contributed by atoms with van der Waals surface area (Å²) in [5, 5.41) is 2.85. The molecule has 2 aromatic carbocycles. The highest BCUT2D eigenvalue weighted by atomic mass is 16.7. The van der Waals surface area contributed by atoms with E-state index in [4.69, 9.17) is 18.9 Å². The smallest absolute Gasteiger partial charge is 0.257 e. The van der Waals surface area contributed by atoms with Crippen molar-refractivity contribution in [1.29, 1.82) is 0 Å². The fraction of sp³-hybridized carbons (Fsp3) is 0.391. The Kier molecular flexibility index (Phi) is 6.11. The average molecular weight is 426 g/mol. The van der Waals surface area contributed by atoms with Crippen molar-refractivity contribution in [1.82, 2.24) is 5.32 Å². The predicted octanol–water partition coefficient (Wildman–Crippen LogP) is 2.00. The lowest BCUT2D eigenvalue weighted by Crippen LogP contribution is -2.36. The van der Waals surface area contributed by atoms with E-state index < -0.39 is 5.79 Å². The Balaban J connectivity index is 1.36. The first kappa shape index (κ1) is 21.1. The van der Waals surface area contributed by atoms with E-state index in [0.717, 1.165) is 16.8 Å². The van der Waals surface area contributed by atoms with Crippen LogP contribution in [0.2, 0.25) is 0 Å². The van der Waals surface area contributed by atoms with Crippen LogP contribution >= 0.6 is 0 Å². The molecule has 1 fully saturated rings. The summed E-state index contributed by atoms with van der Waals surface area (Å²) in [6, 6.07) is 13.0. The number of fused-ring (bicyclic) bond motifs is 1. The average Bonchev–Trinajstić information content (AvgIpc) is 3.37. The molecule has 2 aliphatic heterocycles. The van der Waals surface area contributed by atoms with Gasteiger partial charge < -0.3 is 29.2 Å². The van der Waals surface area contributed by atoms with Gasteiger partial charge in [0.25, 0.3) is 5.91 Å². The van der Waals surface area contributed by atoms with Gasteiger partial charge >= 0.3 is 0 Å². The maximum Gasteiger partial charge on any atom is 0.257 e. The zero-order chi connectivity index (χ0) is 21.8. The Hall–Kier alpha value is -3.10. The summed E-state index contributed by atoms with van der Waals surface area (Å²) in [4.78, 5) is 25.9. The fourth-order valence-corrected chi connectivity index (χ4v) is 3.92. The molecule has 8 heteroatoms. The van der Waals surface area contributed by atoms with Crippen LogP contribution in [0.1, 0.15) is 17.5 Å². The van der Waals surface area contributed by atoms with E-state index in [-0.39, 0.29) is 18.4 Å². The SMILES string of the molecule is COc1ccccc1OCC(=O)NCCC1(c2ccc3c(c2)CC(=O)N3C)OCCO1. The van der Waals surface area contributed by atoms with Gasteiger partial charge in [-0.05, 0) is 29.8 Å². The number of likely N-dealkylation sites (N-methyl/N-ethyl adjacent to an activating group) is 1. The van der Waals surface area contributed by atoms with Crippen LogP contribution in [0.3, 0.4) is 0 Å². The zero-order valence-corrected chi connectivity index (χ0v) is 17.7. The first-order valence-corrected chi connectivity index (χ1v) is 10.2. The molecule has 164 valence electrons. The lowest BCUT2D eigenvalue weighted by molar-refractivity contribution is -0.170. The number of rotatable bonds is 8. The highest BCUT2D eigenvalue weighted by molar-refractivity contribution is 6.00. The summed E-state index contributed by atoms with van der Waals surface area (Å²) < 4.78 is 22.7. The van der Waals surface area contributed by atoms with Gasteiger partial charge in [-0.1, -0.05) is 18.2 Å². The third-order valence-electron chi connectivity index (χ3n) is 5.55. The second-order valence-electron chi connectivity index (χ2n) is 7.46. The second-order valence-corrected chi connectivity index (χ2v) is 7.46. The molecular formula is C23H26N2O6. The number of methoxy groups -OCH3 is 1. The Bertz CT molecular complexity index is 970. The molecule has 2 aromatic rings. The number of anilines is 1. The zero-order valence-electron chi connectivity index (χ0n) is 17.7. The van der Waals surface area contributed by atoms with Crippen LogP contribution < -0.4 is 19.7 Å². The fourth-order valence-electron chi connectivity index (χ4n) is 3.92. The molecular weight excluding hydrogens is 400 g/mol. The van der Waals surface area contributed by atoms with Gasteiger partial charge in [0.2, 0.25) is 5.91 Å². The third-order valence-corrected chi connectivity index (χ3v) is 5.55. The number of hydrogen-bond donors (Lipinski definition) is 1. The molecule has 1 saturated heterocycles. The van der Waals surface area contributed by atoms with E-state index in [9.17, 15) is 9.59 Å². The van der Waals surface area contributed by atoms with Crippen molar-refractivity contribution in [2.24, 2.45) is 0 Å². The van der Waals surface area contributed by atoms with Gasteiger partial charge in [0.1, 0.15) is 0 Å². The number of carbonyl (C=O) groups excluding carboxylic acids is 2. The molecule has 0 saturated carbocycles. The van der Waals surface area contributed by atoms with Crippen molar-refractivity contribution in [2.45, 2.75) is 18.6 Å². The van der Waals surface area contributed by atoms with E-state index >= 15 is 0 Å². The summed E-state index contributed by atoms with van der Waals surface area (Å²) in [5.74, 6) is -0.0350. The molecule has 0 unspecified atom stereocenters. The number of amides is 2. The number of ether oxygens (including phenoxy) is 4. The summed E-state index contributed by atoms with van der Waals surface area (Å²) in [6.45, 7) is 1.17. The monoisotopic (exact) mass is 426 g/mol. The Labute approximate surface area is 181 Å². The topological polar surface area (TPSA) is 86.3 Å². The molecule has 0 bridgehead atoms. The van der Waals surface area contributed by atoms with Crippen LogP contribution in [0.4, 0.5) is 5.69 Å². The van der Waals surface area contributed by atoms with Gasteiger partial charge in [-0.3, -0.25) is 9.59 Å². The normalized spacial score (nSPS) is 16.8. The molecule has 0 spiro atoms. The lowest BCUT2D eigenvalue weighted by Gasteiger charge is -2.28. The van der Waals surface area contributed by atoms with Crippen molar-refractivity contribution in [3.8, 4) is 11.5 Å². The standard InChI is InChI=1S/C23H26N2O6/c1-25-18-8-7-17(13-16(18)14-22(25)27)23(30-11-12-31-23)9-10-24-21(26)15-29-20-6-4-3-5-19(20)28-2/h3-8,13H,9-12,14-15H2,1-2H3,(H,24,26). The van der Waals surface area contributed by atoms with Gasteiger partial charge in [-0.15, -0.1) is 0 Å². The van der Waals surface area contributed by atoms with Gasteiger partial charge in [-0.25, -0.2) is 0 Å². The van der Waals surface area contributed by atoms with Gasteiger partial charge in [0.05, 0.1) is 26.7 Å².